The summed E-state index contributed by atoms with van der Waals surface area (Å²) in [5.74, 6) is 0.824. The molecule has 1 aromatic carbocycles. The van der Waals surface area contributed by atoms with Crippen LogP contribution in [-0.4, -0.2) is 39.4 Å². The smallest absolute Gasteiger partial charge is 0.338 e. The third-order valence-corrected chi connectivity index (χ3v) is 4.23. The fourth-order valence-electron chi connectivity index (χ4n) is 2.88. The zero-order chi connectivity index (χ0) is 19.2. The summed E-state index contributed by atoms with van der Waals surface area (Å²) in [6, 6.07) is 7.12. The third kappa shape index (κ3) is 3.99. The zero-order valence-electron chi connectivity index (χ0n) is 15.5. The topological polar surface area (TPSA) is 91.2 Å². The number of anilines is 1. The molecule has 0 spiro atoms. The van der Waals surface area contributed by atoms with E-state index in [9.17, 15) is 4.79 Å². The first-order chi connectivity index (χ1) is 13.2. The molecule has 0 bridgehead atoms. The molecular weight excluding hydrogens is 346 g/mol. The van der Waals surface area contributed by atoms with Crippen LogP contribution in [0, 0.1) is 0 Å². The number of rotatable bonds is 8. The molecule has 8 nitrogen and oxygen atoms in total. The van der Waals surface area contributed by atoms with Gasteiger partial charge in [-0.15, -0.1) is 0 Å². The second-order valence-electron chi connectivity index (χ2n) is 6.17. The maximum absolute atomic E-state index is 12.6. The van der Waals surface area contributed by atoms with E-state index in [1.807, 2.05) is 24.3 Å². The molecular formula is C19H23N5O3. The second kappa shape index (κ2) is 8.48. The number of carbonyl (C=O) groups is 1. The van der Waals surface area contributed by atoms with Crippen LogP contribution in [-0.2, 0) is 9.53 Å². The molecule has 0 radical (unpaired) electrons. The van der Waals surface area contributed by atoms with Gasteiger partial charge in [-0.3, -0.25) is 0 Å². The van der Waals surface area contributed by atoms with Gasteiger partial charge in [-0.05, 0) is 41.5 Å². The van der Waals surface area contributed by atoms with Crippen LogP contribution in [0.2, 0.25) is 0 Å². The van der Waals surface area contributed by atoms with Crippen LogP contribution in [0.3, 0.4) is 0 Å². The molecule has 1 aliphatic heterocycles. The number of tetrazole rings is 1. The van der Waals surface area contributed by atoms with Gasteiger partial charge in [0, 0.05) is 5.70 Å². The number of benzene rings is 1. The van der Waals surface area contributed by atoms with Crippen molar-refractivity contribution in [3.8, 4) is 5.75 Å². The van der Waals surface area contributed by atoms with E-state index >= 15 is 0 Å². The lowest BCUT2D eigenvalue weighted by Gasteiger charge is -2.27. The van der Waals surface area contributed by atoms with E-state index in [2.05, 4.69) is 34.3 Å². The molecule has 0 saturated carbocycles. The number of nitrogens with zero attached hydrogens (tertiary/aromatic N) is 4. The van der Waals surface area contributed by atoms with E-state index in [0.29, 0.717) is 23.8 Å². The quantitative estimate of drug-likeness (QED) is 0.434. The molecule has 0 fully saturated rings. The Hall–Kier alpha value is -3.16. The number of allylic oxidation sites excluding steroid dienone is 1. The molecule has 1 atom stereocenters. The predicted octanol–water partition coefficient (Wildman–Crippen LogP) is 2.87. The SMILES string of the molecule is C=CCOC(=O)C1=C(C)Nc2nnnn2C1c1ccc(OCCCC)cc1. The molecule has 1 aliphatic rings. The largest absolute Gasteiger partial charge is 0.494 e. The number of unbranched alkanes of at least 4 members (excludes halogenated alkanes) is 1. The van der Waals surface area contributed by atoms with E-state index < -0.39 is 12.0 Å². The number of aromatic nitrogens is 4. The molecule has 2 heterocycles. The van der Waals surface area contributed by atoms with Crippen molar-refractivity contribution in [3.05, 3.63) is 53.8 Å². The van der Waals surface area contributed by atoms with Gasteiger partial charge in [0.1, 0.15) is 18.4 Å². The highest BCUT2D eigenvalue weighted by Gasteiger charge is 2.34. The summed E-state index contributed by atoms with van der Waals surface area (Å²) in [7, 11) is 0. The van der Waals surface area contributed by atoms with Gasteiger partial charge in [0.25, 0.3) is 0 Å². The predicted molar refractivity (Wildman–Crippen MR) is 100 cm³/mol. The Morgan fingerprint density at radius 1 is 1.37 bits per heavy atom. The summed E-state index contributed by atoms with van der Waals surface area (Å²) in [6.45, 7) is 8.32. The Labute approximate surface area is 157 Å². The Bertz CT molecular complexity index is 841. The molecule has 0 amide bonds. The minimum atomic E-state index is -0.488. The van der Waals surface area contributed by atoms with E-state index in [4.69, 9.17) is 9.47 Å². The average Bonchev–Trinajstić information content (AvgIpc) is 3.14. The van der Waals surface area contributed by atoms with Crippen LogP contribution in [0.1, 0.15) is 38.3 Å². The lowest BCUT2D eigenvalue weighted by atomic mass is 9.96. The standard InChI is InChI=1S/C19H23N5O3/c1-4-6-12-26-15-9-7-14(8-10-15)17-16(18(25)27-11-5-2)13(3)20-19-21-22-23-24(17)19/h5,7-10,17H,2,4,6,11-12H2,1,3H3,(H,20,21,23). The number of ether oxygens (including phenoxy) is 2. The Morgan fingerprint density at radius 2 is 2.15 bits per heavy atom. The van der Waals surface area contributed by atoms with Gasteiger partial charge in [0.2, 0.25) is 5.95 Å². The van der Waals surface area contributed by atoms with Crippen LogP contribution < -0.4 is 10.1 Å². The van der Waals surface area contributed by atoms with Gasteiger partial charge in [-0.1, -0.05) is 43.2 Å². The van der Waals surface area contributed by atoms with Crippen molar-refractivity contribution >= 4 is 11.9 Å². The maximum atomic E-state index is 12.6. The third-order valence-electron chi connectivity index (χ3n) is 4.23. The van der Waals surface area contributed by atoms with Crippen molar-refractivity contribution < 1.29 is 14.3 Å². The minimum absolute atomic E-state index is 0.134. The summed E-state index contributed by atoms with van der Waals surface area (Å²) in [5.41, 5.74) is 1.97. The molecule has 27 heavy (non-hydrogen) atoms. The molecule has 1 unspecified atom stereocenters. The van der Waals surface area contributed by atoms with Gasteiger partial charge >= 0.3 is 5.97 Å². The molecule has 2 aromatic rings. The summed E-state index contributed by atoms with van der Waals surface area (Å²) >= 11 is 0. The molecule has 3 rings (SSSR count). The van der Waals surface area contributed by atoms with Gasteiger partial charge in [0.15, 0.2) is 0 Å². The Kier molecular flexibility index (Phi) is 5.85. The summed E-state index contributed by atoms with van der Waals surface area (Å²) in [6.07, 6.45) is 3.62. The summed E-state index contributed by atoms with van der Waals surface area (Å²) < 4.78 is 12.6. The maximum Gasteiger partial charge on any atom is 0.338 e. The number of fused-ring (bicyclic) bond motifs is 1. The lowest BCUT2D eigenvalue weighted by Crippen LogP contribution is -2.29. The van der Waals surface area contributed by atoms with E-state index in [-0.39, 0.29) is 6.61 Å². The molecule has 0 saturated heterocycles. The van der Waals surface area contributed by atoms with Crippen molar-refractivity contribution in [2.45, 2.75) is 32.7 Å². The Balaban J connectivity index is 1.92. The highest BCUT2D eigenvalue weighted by molar-refractivity contribution is 5.92. The second-order valence-corrected chi connectivity index (χ2v) is 6.17. The number of carbonyl (C=O) groups excluding carboxylic acids is 1. The van der Waals surface area contributed by atoms with Crippen LogP contribution in [0.4, 0.5) is 5.95 Å². The van der Waals surface area contributed by atoms with Gasteiger partial charge in [0.05, 0.1) is 12.2 Å². The van der Waals surface area contributed by atoms with Crippen LogP contribution in [0.15, 0.2) is 48.2 Å². The van der Waals surface area contributed by atoms with Crippen molar-refractivity contribution in [1.82, 2.24) is 20.2 Å². The van der Waals surface area contributed by atoms with E-state index in [1.165, 1.54) is 6.08 Å². The minimum Gasteiger partial charge on any atom is -0.494 e. The first-order valence-corrected chi connectivity index (χ1v) is 8.92. The molecule has 1 N–H and O–H groups in total. The van der Waals surface area contributed by atoms with Crippen molar-refractivity contribution in [1.29, 1.82) is 0 Å². The summed E-state index contributed by atoms with van der Waals surface area (Å²) in [5, 5.41) is 14.8. The first kappa shape index (κ1) is 18.6. The van der Waals surface area contributed by atoms with Crippen molar-refractivity contribution in [2.24, 2.45) is 0 Å². The molecule has 8 heteroatoms. The highest BCUT2D eigenvalue weighted by Crippen LogP contribution is 2.35. The normalized spacial score (nSPS) is 15.7. The van der Waals surface area contributed by atoms with Crippen molar-refractivity contribution in [2.75, 3.05) is 18.5 Å². The van der Waals surface area contributed by atoms with E-state index in [1.54, 1.807) is 11.6 Å². The number of hydrogen-bond donors (Lipinski definition) is 1. The monoisotopic (exact) mass is 369 g/mol. The van der Waals surface area contributed by atoms with E-state index in [0.717, 1.165) is 24.2 Å². The fourth-order valence-corrected chi connectivity index (χ4v) is 2.88. The van der Waals surface area contributed by atoms with Crippen LogP contribution in [0.25, 0.3) is 0 Å². The average molecular weight is 369 g/mol. The summed E-state index contributed by atoms with van der Waals surface area (Å²) in [4.78, 5) is 12.6. The van der Waals surface area contributed by atoms with Crippen LogP contribution >= 0.6 is 0 Å². The van der Waals surface area contributed by atoms with Gasteiger partial charge in [-0.2, -0.15) is 4.68 Å². The van der Waals surface area contributed by atoms with Gasteiger partial charge in [-0.25, -0.2) is 4.79 Å². The molecule has 0 aliphatic carbocycles. The number of nitrogens with one attached hydrogen (secondary N) is 1. The van der Waals surface area contributed by atoms with Gasteiger partial charge < -0.3 is 14.8 Å². The highest BCUT2D eigenvalue weighted by atomic mass is 16.5. The number of hydrogen-bond acceptors (Lipinski definition) is 7. The lowest BCUT2D eigenvalue weighted by molar-refractivity contribution is -0.138. The fraction of sp³-hybridized carbons (Fsp3) is 0.368. The molecule has 142 valence electrons. The Morgan fingerprint density at radius 3 is 2.85 bits per heavy atom. The number of esters is 1. The zero-order valence-corrected chi connectivity index (χ0v) is 15.5. The van der Waals surface area contributed by atoms with Crippen LogP contribution in [0.5, 0.6) is 5.75 Å². The molecule has 1 aromatic heterocycles. The first-order valence-electron chi connectivity index (χ1n) is 8.92. The van der Waals surface area contributed by atoms with Crippen molar-refractivity contribution in [3.63, 3.8) is 0 Å².